The monoisotopic (exact) mass is 1560 g/mol. The van der Waals surface area contributed by atoms with E-state index in [2.05, 4.69) is 85.0 Å². The summed E-state index contributed by atoms with van der Waals surface area (Å²) in [5.41, 5.74) is 40.3. The third kappa shape index (κ3) is 40.6. The van der Waals surface area contributed by atoms with Gasteiger partial charge in [-0.3, -0.25) is 67.7 Å². The Hall–Kier alpha value is -10.6. The number of imidazole rings is 1. The van der Waals surface area contributed by atoms with E-state index in [1.165, 1.54) is 82.9 Å². The number of primary amides is 1. The zero-order valence-electron chi connectivity index (χ0n) is 64.9. The number of carbonyl (C=O) groups excluding carboxylic acids is 11. The first kappa shape index (κ1) is 94.6. The Balaban J connectivity index is 1.96. The molecule has 36 nitrogen and oxygen atoms in total. The number of guanidine groups is 3. The van der Waals surface area contributed by atoms with E-state index in [1.807, 2.05) is 0 Å². The Morgan fingerprint density at radius 3 is 1.26 bits per heavy atom. The number of benzene rings is 2. The van der Waals surface area contributed by atoms with Crippen LogP contribution in [0, 0.1) is 5.92 Å². The highest BCUT2D eigenvalue weighted by Gasteiger charge is 2.37. The summed E-state index contributed by atoms with van der Waals surface area (Å²) in [6.07, 6.45) is 14.8. The molecule has 1 heterocycles. The number of aromatic amines is 1. The van der Waals surface area contributed by atoms with Gasteiger partial charge in [0.2, 0.25) is 65.0 Å². The van der Waals surface area contributed by atoms with Crippen LogP contribution in [-0.4, -0.2) is 201 Å². The molecule has 11 amide bonds. The van der Waals surface area contributed by atoms with Crippen molar-refractivity contribution in [2.45, 2.75) is 262 Å². The molecule has 0 radical (unpaired) electrons. The number of aliphatic hydroxyl groups excluding tert-OH is 2. The van der Waals surface area contributed by atoms with Gasteiger partial charge in [-0.2, -0.15) is 0 Å². The van der Waals surface area contributed by atoms with Gasteiger partial charge in [-0.25, -0.2) is 4.98 Å². The number of aromatic nitrogens is 2. The second-order valence-corrected chi connectivity index (χ2v) is 28.3. The van der Waals surface area contributed by atoms with Gasteiger partial charge < -0.3 is 114 Å². The largest absolute Gasteiger partial charge is 0.508 e. The lowest BCUT2D eigenvalue weighted by Crippen LogP contribution is -2.62. The maximum atomic E-state index is 15.0. The Morgan fingerprint density at radius 1 is 0.441 bits per heavy atom. The van der Waals surface area contributed by atoms with Crippen molar-refractivity contribution in [2.75, 3.05) is 26.2 Å². The van der Waals surface area contributed by atoms with Crippen molar-refractivity contribution in [1.82, 2.24) is 63.1 Å². The number of unbranched alkanes of at least 4 members (excludes halogenated alkanes) is 12. The first-order chi connectivity index (χ1) is 52.9. The van der Waals surface area contributed by atoms with E-state index < -0.39 is 132 Å². The third-order valence-electron chi connectivity index (χ3n) is 17.9. The highest BCUT2D eigenvalue weighted by atomic mass is 16.3. The van der Waals surface area contributed by atoms with Crippen LogP contribution >= 0.6 is 0 Å². The van der Waals surface area contributed by atoms with E-state index in [9.17, 15) is 68.1 Å². The summed E-state index contributed by atoms with van der Waals surface area (Å²) in [6, 6.07) is 0.471. The summed E-state index contributed by atoms with van der Waals surface area (Å²) >= 11 is 0. The summed E-state index contributed by atoms with van der Waals surface area (Å²) in [4.78, 5) is 174. The third-order valence-corrected chi connectivity index (χ3v) is 17.9. The lowest BCUT2D eigenvalue weighted by molar-refractivity contribution is -0.137. The van der Waals surface area contributed by atoms with Crippen molar-refractivity contribution in [2.24, 2.45) is 61.0 Å². The molecule has 618 valence electrons. The first-order valence-electron chi connectivity index (χ1n) is 38.4. The Labute approximate surface area is 650 Å². The zero-order chi connectivity index (χ0) is 82.2. The fourth-order valence-electron chi connectivity index (χ4n) is 12.0. The summed E-state index contributed by atoms with van der Waals surface area (Å²) in [5.74, 6) is -10.6. The molecule has 28 N–H and O–H groups in total. The summed E-state index contributed by atoms with van der Waals surface area (Å²) in [7, 11) is 0. The standard InChI is InChI=1S/C75H124N22O14/c1-6-7-8-9-10-11-12-13-14-15-16-17-21-30-62(102)89-57(41-50-31-33-52(100)34-32-50)68(107)94-58(40-49-25-19-18-20-26-49)69(108)91-54(28-23-36-85-74(79)80)65(104)90-55(29-24-37-86-75(81)82)66(105)93-56(38-46(2)3)67(106)95-59(42-51-43-83-45-87-51)70(109)96-60(44-98)71(110)97-63(48(5)99)72(111)92-53(27-22-35-84-73(77)78)64(103)88-47(4)39-61(76)101/h18-20,25-26,31-34,43,45-48,53-60,63,98-100H,6-17,21-24,27-30,35-42,44H2,1-5H3,(H2,76,101)(H,83,87)(H,88,103)(H,89,102)(H,90,104)(H,91,108)(H,92,111)(H,93,105)(H,94,107)(H,95,106)(H,96,109)(H,97,110)(H4,77,78,84)(H4,79,80,85)(H4,81,82,86)/t47-,48-,53+,54+,55+,56+,57+,58?,59+,60+,63+/m1/s1. The molecule has 0 aliphatic heterocycles. The summed E-state index contributed by atoms with van der Waals surface area (Å²) in [5, 5.41) is 57.8. The number of aliphatic imine (C=N–C) groups is 3. The molecular weight excluding hydrogens is 1430 g/mol. The van der Waals surface area contributed by atoms with Crippen molar-refractivity contribution in [1.29, 1.82) is 0 Å². The zero-order valence-corrected chi connectivity index (χ0v) is 64.9. The summed E-state index contributed by atoms with van der Waals surface area (Å²) < 4.78 is 0. The molecule has 1 unspecified atom stereocenters. The number of nitrogens with one attached hydrogen (secondary N) is 11. The highest BCUT2D eigenvalue weighted by molar-refractivity contribution is 5.99. The quantitative estimate of drug-likeness (QED) is 0.0182. The minimum atomic E-state index is -1.86. The Kier molecular flexibility index (Phi) is 45.4. The van der Waals surface area contributed by atoms with Gasteiger partial charge in [0.25, 0.3) is 0 Å². The molecular formula is C75H124N22O14. The number of phenols is 1. The number of H-pyrrole nitrogens is 1. The lowest BCUT2D eigenvalue weighted by atomic mass is 10.0. The number of rotatable bonds is 57. The minimum absolute atomic E-state index is 0.00921. The van der Waals surface area contributed by atoms with Crippen LogP contribution in [0.5, 0.6) is 5.75 Å². The van der Waals surface area contributed by atoms with E-state index in [0.717, 1.165) is 32.6 Å². The van der Waals surface area contributed by atoms with Gasteiger partial charge in [0.1, 0.15) is 60.1 Å². The average molecular weight is 1560 g/mol. The number of hydrogen-bond donors (Lipinski definition) is 21. The average Bonchev–Trinajstić information content (AvgIpc) is 1.50. The number of phenolic OH excluding ortho intramolecular Hbond substituents is 1. The van der Waals surface area contributed by atoms with Gasteiger partial charge >= 0.3 is 0 Å². The van der Waals surface area contributed by atoms with Gasteiger partial charge in [0.05, 0.1) is 19.0 Å². The normalized spacial score (nSPS) is 14.1. The van der Waals surface area contributed by atoms with Gasteiger partial charge in [-0.05, 0) is 94.4 Å². The van der Waals surface area contributed by atoms with Crippen LogP contribution in [-0.2, 0) is 72.0 Å². The second-order valence-electron chi connectivity index (χ2n) is 28.3. The van der Waals surface area contributed by atoms with E-state index in [4.69, 9.17) is 40.1 Å². The van der Waals surface area contributed by atoms with Crippen LogP contribution in [0.1, 0.15) is 193 Å². The maximum Gasteiger partial charge on any atom is 0.245 e. The van der Waals surface area contributed by atoms with Crippen LogP contribution in [0.3, 0.4) is 0 Å². The second kappa shape index (κ2) is 53.2. The number of nitrogens with two attached hydrogens (primary N) is 7. The molecule has 11 atom stereocenters. The predicted molar refractivity (Wildman–Crippen MR) is 421 cm³/mol. The van der Waals surface area contributed by atoms with Crippen molar-refractivity contribution in [3.05, 3.63) is 83.9 Å². The SMILES string of the molecule is CCCCCCCCCCCCCCCC(=O)N[C@@H](Cc1ccc(O)cc1)C(=O)NC(Cc1ccccc1)C(=O)N[C@@H](CCCN=C(N)N)C(=O)N[C@@H](CCCN=C(N)N)C(=O)N[C@@H](CC(C)C)C(=O)N[C@@H](Cc1cnc[nH]1)C(=O)N[C@@H](CO)C(=O)N[C@H](C(=O)N[C@@H](CCCN=C(N)N)C(=O)N[C@H](C)CC(N)=O)[C@@H](C)O. The fourth-order valence-corrected chi connectivity index (χ4v) is 12.0. The van der Waals surface area contributed by atoms with Gasteiger partial charge in [0, 0.05) is 69.7 Å². The molecule has 3 rings (SSSR count). The molecule has 0 aliphatic carbocycles. The van der Waals surface area contributed by atoms with Crippen LogP contribution in [0.2, 0.25) is 0 Å². The molecule has 0 spiro atoms. The predicted octanol–water partition coefficient (Wildman–Crippen LogP) is -1.05. The van der Waals surface area contributed by atoms with Crippen molar-refractivity contribution < 1.29 is 68.1 Å². The lowest BCUT2D eigenvalue weighted by Gasteiger charge is -2.29. The van der Waals surface area contributed by atoms with Gasteiger partial charge in [-0.1, -0.05) is 140 Å². The number of amides is 11. The maximum absolute atomic E-state index is 15.0. The van der Waals surface area contributed by atoms with E-state index in [0.29, 0.717) is 23.2 Å². The smallest absolute Gasteiger partial charge is 0.245 e. The topological polar surface area (TPSA) is 617 Å². The van der Waals surface area contributed by atoms with Gasteiger partial charge in [0.15, 0.2) is 17.9 Å². The first-order valence-corrected chi connectivity index (χ1v) is 38.4. The van der Waals surface area contributed by atoms with Gasteiger partial charge in [-0.15, -0.1) is 0 Å². The number of nitrogens with zero attached hydrogens (tertiary/aromatic N) is 4. The molecule has 111 heavy (non-hydrogen) atoms. The highest BCUT2D eigenvalue weighted by Crippen LogP contribution is 2.17. The Bertz CT molecular complexity index is 3420. The number of hydrogen-bond acceptors (Lipinski definition) is 18. The fraction of sp³-hybridized carbons (Fsp3) is 0.613. The number of aromatic hydroxyl groups is 1. The van der Waals surface area contributed by atoms with E-state index in [1.54, 1.807) is 56.3 Å². The molecule has 0 saturated heterocycles. The van der Waals surface area contributed by atoms with E-state index >= 15 is 0 Å². The molecule has 0 saturated carbocycles. The molecule has 1 aromatic heterocycles. The number of carbonyl (C=O) groups is 11. The van der Waals surface area contributed by atoms with Crippen LogP contribution in [0.15, 0.2) is 82.1 Å². The van der Waals surface area contributed by atoms with E-state index in [-0.39, 0.29) is 132 Å². The molecule has 2 aromatic carbocycles. The van der Waals surface area contributed by atoms with Crippen LogP contribution < -0.4 is 93.3 Å². The molecule has 0 fully saturated rings. The molecule has 36 heteroatoms. The molecule has 0 aliphatic rings. The van der Waals surface area contributed by atoms with Crippen molar-refractivity contribution >= 4 is 82.9 Å². The summed E-state index contributed by atoms with van der Waals surface area (Å²) in [6.45, 7) is 7.26. The minimum Gasteiger partial charge on any atom is -0.508 e. The molecule has 3 aromatic rings. The van der Waals surface area contributed by atoms with Crippen molar-refractivity contribution in [3.8, 4) is 5.75 Å². The number of aliphatic hydroxyl groups is 2. The Morgan fingerprint density at radius 2 is 0.829 bits per heavy atom. The van der Waals surface area contributed by atoms with Crippen molar-refractivity contribution in [3.63, 3.8) is 0 Å². The molecule has 0 bridgehead atoms. The van der Waals surface area contributed by atoms with Crippen LogP contribution in [0.25, 0.3) is 0 Å². The van der Waals surface area contributed by atoms with Crippen LogP contribution in [0.4, 0.5) is 0 Å².